The summed E-state index contributed by atoms with van der Waals surface area (Å²) in [5.74, 6) is 0. The second kappa shape index (κ2) is 25.6. The van der Waals surface area contributed by atoms with E-state index < -0.39 is 0 Å². The summed E-state index contributed by atoms with van der Waals surface area (Å²) in [6.45, 7) is 9.06. The van der Waals surface area contributed by atoms with E-state index in [1.54, 1.807) is 18.5 Å². The van der Waals surface area contributed by atoms with E-state index in [-0.39, 0.29) is 51.0 Å². The number of hydrogen-bond donors (Lipinski definition) is 0. The van der Waals surface area contributed by atoms with Gasteiger partial charge in [0.25, 0.3) is 0 Å². The van der Waals surface area contributed by atoms with Gasteiger partial charge in [0.2, 0.25) is 0 Å². The van der Waals surface area contributed by atoms with Crippen LogP contribution in [0.4, 0.5) is 0 Å². The molecule has 5 heteroatoms. The predicted molar refractivity (Wildman–Crippen MR) is 110 cm³/mol. The fraction of sp³-hybridized carbons (Fsp3) is 0.700. The first-order valence-corrected chi connectivity index (χ1v) is 11.9. The number of unbranched alkanes of at least 4 members (excludes halogenated alkanes) is 3. The van der Waals surface area contributed by atoms with Crippen LogP contribution in [0.3, 0.4) is 0 Å². The van der Waals surface area contributed by atoms with Gasteiger partial charge in [0, 0.05) is 4.83 Å². The Balaban J connectivity index is -0.000000164. The van der Waals surface area contributed by atoms with Crippen LogP contribution < -0.4 is 34.0 Å². The molecular formula is C20H36Br3FeP. The van der Waals surface area contributed by atoms with Crippen molar-refractivity contribution in [3.05, 3.63) is 35.9 Å². The third-order valence-electron chi connectivity index (χ3n) is 3.74. The molecular weight excluding hydrogens is 567 g/mol. The molecule has 0 saturated carbocycles. The zero-order valence-electron chi connectivity index (χ0n) is 16.3. The molecule has 25 heavy (non-hydrogen) atoms. The number of alkyl halides is 1. The van der Waals surface area contributed by atoms with Crippen molar-refractivity contribution in [1.29, 1.82) is 0 Å². The first-order chi connectivity index (χ1) is 10.7. The normalized spacial score (nSPS) is 10.5. The molecule has 0 aliphatic carbocycles. The van der Waals surface area contributed by atoms with E-state index in [1.807, 2.05) is 18.2 Å². The summed E-state index contributed by atoms with van der Waals surface area (Å²) < 4.78 is 0. The van der Waals surface area contributed by atoms with Gasteiger partial charge in [-0.15, -0.1) is 7.92 Å². The Morgan fingerprint density at radius 2 is 1.16 bits per heavy atom. The summed E-state index contributed by atoms with van der Waals surface area (Å²) in [6, 6.07) is 10.3. The summed E-state index contributed by atoms with van der Waals surface area (Å²) in [7, 11) is 0.422. The molecule has 0 aliphatic rings. The van der Waals surface area contributed by atoms with Crippen LogP contribution >= 0.6 is 23.9 Å². The molecule has 1 aromatic rings. The predicted octanol–water partition coefficient (Wildman–Crippen LogP) is 2.02. The van der Waals surface area contributed by atoms with Crippen LogP contribution in [0.15, 0.2) is 30.3 Å². The van der Waals surface area contributed by atoms with E-state index in [4.69, 9.17) is 0 Å². The Morgan fingerprint density at radius 3 is 1.40 bits per heavy atom. The second-order valence-electron chi connectivity index (χ2n) is 5.93. The van der Waals surface area contributed by atoms with Crippen LogP contribution in [0, 0.1) is 0 Å². The van der Waals surface area contributed by atoms with Gasteiger partial charge in [-0.2, -0.15) is 0 Å². The van der Waals surface area contributed by atoms with E-state index in [0.717, 1.165) is 0 Å². The van der Waals surface area contributed by atoms with Gasteiger partial charge >= 0.3 is 17.1 Å². The van der Waals surface area contributed by atoms with Crippen LogP contribution in [0.2, 0.25) is 0 Å². The number of rotatable bonds is 10. The minimum absolute atomic E-state index is 0. The van der Waals surface area contributed by atoms with Crippen LogP contribution in [-0.4, -0.2) is 18.5 Å². The molecule has 0 fully saturated rings. The van der Waals surface area contributed by atoms with E-state index in [0.29, 0.717) is 12.7 Å². The van der Waals surface area contributed by atoms with Gasteiger partial charge in [-0.25, -0.2) is 0 Å². The summed E-state index contributed by atoms with van der Waals surface area (Å²) in [5, 5.41) is 0. The van der Waals surface area contributed by atoms with Crippen LogP contribution in [-0.2, 0) is 17.1 Å². The van der Waals surface area contributed by atoms with Gasteiger partial charge in [0.15, 0.2) is 0 Å². The Bertz CT molecular complexity index is 318. The molecule has 0 heterocycles. The van der Waals surface area contributed by atoms with E-state index >= 15 is 0 Å². The molecule has 0 saturated heterocycles. The summed E-state index contributed by atoms with van der Waals surface area (Å²) >= 11 is 3.48. The summed E-state index contributed by atoms with van der Waals surface area (Å²) in [5.41, 5.74) is 1.33. The minimum atomic E-state index is 0. The quantitative estimate of drug-likeness (QED) is 0.219. The molecule has 0 N–H and O–H groups in total. The third kappa shape index (κ3) is 21.8. The van der Waals surface area contributed by atoms with Crippen molar-refractivity contribution in [3.8, 4) is 0 Å². The van der Waals surface area contributed by atoms with Gasteiger partial charge in [0.1, 0.15) is 0 Å². The monoisotopic (exact) mass is 600 g/mol. The second-order valence-corrected chi connectivity index (χ2v) is 9.99. The average molecular weight is 603 g/mol. The maximum atomic E-state index is 3.48. The Labute approximate surface area is 199 Å². The Morgan fingerprint density at radius 1 is 0.800 bits per heavy atom. The molecule has 1 rings (SSSR count). The Kier molecular flexibility index (Phi) is 35.0. The molecule has 0 amide bonds. The first-order valence-electron chi connectivity index (χ1n) is 9.06. The molecule has 1 aromatic carbocycles. The number of hydrogen-bond acceptors (Lipinski definition) is 0. The molecule has 0 aliphatic heterocycles. The minimum Gasteiger partial charge on any atom is -1.00 e. The van der Waals surface area contributed by atoms with Crippen molar-refractivity contribution in [2.75, 3.05) is 18.5 Å². The summed E-state index contributed by atoms with van der Waals surface area (Å²) in [4.78, 5) is 0.471. The third-order valence-corrected chi connectivity index (χ3v) is 7.12. The molecule has 0 spiro atoms. The topological polar surface area (TPSA) is 0 Å². The van der Waals surface area contributed by atoms with Gasteiger partial charge in [-0.3, -0.25) is 0 Å². The molecule has 0 bridgehead atoms. The molecule has 150 valence electrons. The van der Waals surface area contributed by atoms with Crippen molar-refractivity contribution in [3.63, 3.8) is 0 Å². The van der Waals surface area contributed by atoms with Gasteiger partial charge < -0.3 is 34.0 Å². The Hall–Kier alpha value is 1.61. The number of halogens is 3. The zero-order valence-corrected chi connectivity index (χ0v) is 23.0. The zero-order chi connectivity index (χ0) is 16.6. The van der Waals surface area contributed by atoms with Crippen molar-refractivity contribution in [2.45, 2.75) is 71.0 Å². The molecule has 1 atom stereocenters. The van der Waals surface area contributed by atoms with Crippen molar-refractivity contribution in [1.82, 2.24) is 0 Å². The molecule has 1 unspecified atom stereocenters. The van der Waals surface area contributed by atoms with E-state index in [2.05, 4.69) is 55.8 Å². The maximum absolute atomic E-state index is 3.48. The van der Waals surface area contributed by atoms with E-state index in [1.165, 1.54) is 44.1 Å². The summed E-state index contributed by atoms with van der Waals surface area (Å²) in [6.07, 6.45) is 13.2. The van der Waals surface area contributed by atoms with Crippen molar-refractivity contribution in [2.24, 2.45) is 0 Å². The van der Waals surface area contributed by atoms with Crippen LogP contribution in [0.25, 0.3) is 0 Å². The molecule has 0 aromatic heterocycles. The standard InChI is InChI=1S/C12H27P.C8H9Br.2BrH.Fe/c1-4-7-10-13(11-8-5-2)12-9-6-3;1-7(9)8-5-3-2-4-6-8;;;/h4-12H2,1-3H3;2-7H,1H3;2*1H;/q;;;;+2/p-2. The maximum Gasteiger partial charge on any atom is 2.00 e. The first kappa shape index (κ1) is 34.1. The van der Waals surface area contributed by atoms with Gasteiger partial charge in [-0.05, 0) is 50.2 Å². The molecule has 0 nitrogen and oxygen atoms in total. The fourth-order valence-corrected chi connectivity index (χ4v) is 5.47. The average Bonchev–Trinajstić information content (AvgIpc) is 2.55. The van der Waals surface area contributed by atoms with Crippen LogP contribution in [0.5, 0.6) is 0 Å². The SMILES string of the molecule is CC(Br)c1ccccc1.CCCCP(CCCC)CCCC.[Br-].[Br-].[Fe+2]. The van der Waals surface area contributed by atoms with Gasteiger partial charge in [0.05, 0.1) is 0 Å². The smallest absolute Gasteiger partial charge is 1.00 e. The van der Waals surface area contributed by atoms with Crippen molar-refractivity contribution >= 4 is 23.9 Å². The van der Waals surface area contributed by atoms with E-state index in [9.17, 15) is 0 Å². The fourth-order valence-electron chi connectivity index (χ4n) is 2.20. The van der Waals surface area contributed by atoms with Crippen molar-refractivity contribution < 1.29 is 51.0 Å². The molecule has 0 radical (unpaired) electrons. The largest absolute Gasteiger partial charge is 2.00 e. The van der Waals surface area contributed by atoms with Gasteiger partial charge in [-0.1, -0.05) is 86.3 Å². The number of benzene rings is 1. The van der Waals surface area contributed by atoms with Crippen LogP contribution in [0.1, 0.15) is 76.6 Å².